The quantitative estimate of drug-likeness (QED) is 0.838. The van der Waals surface area contributed by atoms with Crippen molar-refractivity contribution in [2.75, 3.05) is 19.6 Å². The maximum Gasteiger partial charge on any atom is 0.413 e. The van der Waals surface area contributed by atoms with Gasteiger partial charge < -0.3 is 10.1 Å². The van der Waals surface area contributed by atoms with Crippen LogP contribution in [0.3, 0.4) is 0 Å². The van der Waals surface area contributed by atoms with Crippen LogP contribution in [0.4, 0.5) is 4.79 Å². The summed E-state index contributed by atoms with van der Waals surface area (Å²) in [6.07, 6.45) is 1.08. The number of piperidine rings is 1. The Morgan fingerprint density at radius 3 is 2.54 bits per heavy atom. The number of benzene rings is 2. The van der Waals surface area contributed by atoms with Gasteiger partial charge in [-0.25, -0.2) is 4.79 Å². The molecule has 2 heterocycles. The van der Waals surface area contributed by atoms with Crippen LogP contribution in [0.15, 0.2) is 48.5 Å². The molecule has 0 unspecified atom stereocenters. The number of nitrogens with zero attached hydrogens (tertiary/aromatic N) is 1. The minimum atomic E-state index is -0.411. The number of fused-ring (bicyclic) bond motifs is 2. The molecule has 2 aliphatic rings. The molecule has 0 bridgehead atoms. The second-order valence-electron chi connectivity index (χ2n) is 6.80. The second-order valence-corrected chi connectivity index (χ2v) is 7.24. The molecular weight excluding hydrogens is 352 g/mol. The van der Waals surface area contributed by atoms with E-state index in [1.807, 2.05) is 24.3 Å². The molecule has 0 saturated carbocycles. The van der Waals surface area contributed by atoms with Crippen molar-refractivity contribution in [3.8, 4) is 5.75 Å². The molecule has 0 aliphatic carbocycles. The van der Waals surface area contributed by atoms with Crippen LogP contribution in [0, 0.1) is 0 Å². The van der Waals surface area contributed by atoms with Gasteiger partial charge in [0, 0.05) is 29.2 Å². The fourth-order valence-corrected chi connectivity index (χ4v) is 3.88. The number of likely N-dealkylation sites (tertiary alicyclic amines) is 1. The molecule has 134 valence electrons. The third-order valence-corrected chi connectivity index (χ3v) is 5.44. The monoisotopic (exact) mass is 370 g/mol. The zero-order valence-electron chi connectivity index (χ0n) is 14.2. The van der Waals surface area contributed by atoms with Gasteiger partial charge >= 0.3 is 6.09 Å². The Morgan fingerprint density at radius 2 is 1.81 bits per heavy atom. The molecule has 2 aromatic carbocycles. The Labute approximate surface area is 156 Å². The summed E-state index contributed by atoms with van der Waals surface area (Å²) in [5.41, 5.74) is 1.27. The number of rotatable bonds is 3. The van der Waals surface area contributed by atoms with Crippen molar-refractivity contribution >= 4 is 23.5 Å². The van der Waals surface area contributed by atoms with E-state index in [0.29, 0.717) is 22.9 Å². The first-order valence-corrected chi connectivity index (χ1v) is 9.04. The molecule has 1 spiro atoms. The van der Waals surface area contributed by atoms with Gasteiger partial charge in [-0.1, -0.05) is 29.8 Å². The normalized spacial score (nSPS) is 18.7. The van der Waals surface area contributed by atoms with Gasteiger partial charge in [0.05, 0.1) is 12.1 Å². The van der Waals surface area contributed by atoms with Gasteiger partial charge in [0.1, 0.15) is 5.75 Å². The topological polar surface area (TPSA) is 58.6 Å². The van der Waals surface area contributed by atoms with E-state index in [1.54, 1.807) is 24.3 Å². The molecule has 2 aromatic rings. The maximum absolute atomic E-state index is 12.5. The number of ketones is 1. The first-order valence-electron chi connectivity index (χ1n) is 8.66. The van der Waals surface area contributed by atoms with Gasteiger partial charge in [-0.2, -0.15) is 0 Å². The summed E-state index contributed by atoms with van der Waals surface area (Å²) in [5.74, 6) is 0.705. The highest BCUT2D eigenvalue weighted by molar-refractivity contribution is 6.30. The van der Waals surface area contributed by atoms with Crippen LogP contribution in [0.2, 0.25) is 5.02 Å². The van der Waals surface area contributed by atoms with Crippen molar-refractivity contribution < 1.29 is 14.3 Å². The van der Waals surface area contributed by atoms with E-state index >= 15 is 0 Å². The van der Waals surface area contributed by atoms with Crippen LogP contribution >= 0.6 is 11.6 Å². The van der Waals surface area contributed by atoms with E-state index in [1.165, 1.54) is 0 Å². The van der Waals surface area contributed by atoms with Crippen LogP contribution in [0.25, 0.3) is 0 Å². The fourth-order valence-electron chi connectivity index (χ4n) is 3.76. The summed E-state index contributed by atoms with van der Waals surface area (Å²) >= 11 is 5.88. The average Bonchev–Trinajstić information content (AvgIpc) is 2.64. The molecule has 1 amide bonds. The third kappa shape index (κ3) is 3.20. The number of halogens is 1. The number of Topliss-reactive ketones (excluding diaryl/α,β-unsaturated/α-hetero) is 1. The molecule has 0 atom stereocenters. The summed E-state index contributed by atoms with van der Waals surface area (Å²) in [7, 11) is 0. The average molecular weight is 371 g/mol. The van der Waals surface area contributed by atoms with Crippen LogP contribution in [-0.4, -0.2) is 36.4 Å². The molecule has 26 heavy (non-hydrogen) atoms. The van der Waals surface area contributed by atoms with E-state index in [4.69, 9.17) is 16.3 Å². The zero-order chi connectivity index (χ0) is 18.1. The Morgan fingerprint density at radius 1 is 1.12 bits per heavy atom. The molecule has 1 saturated heterocycles. The number of amides is 1. The highest BCUT2D eigenvalue weighted by Gasteiger charge is 2.43. The number of hydrogen-bond donors (Lipinski definition) is 1. The zero-order valence-corrected chi connectivity index (χ0v) is 15.0. The summed E-state index contributed by atoms with van der Waals surface area (Å²) in [6, 6.07) is 14.6. The number of nitrogens with one attached hydrogen (secondary N) is 1. The fraction of sp³-hybridized carbons (Fsp3) is 0.300. The highest BCUT2D eigenvalue weighted by Crippen LogP contribution is 2.40. The standard InChI is InChI=1S/C20H19ClN2O3/c21-15-7-5-14(6-8-15)17(24)13-23-11-9-20(10-12-23)16-3-1-2-4-18(16)26-19(25)22-20/h1-8H,9-13H2,(H,22,25). The van der Waals surface area contributed by atoms with Crippen molar-refractivity contribution in [1.82, 2.24) is 10.2 Å². The lowest BCUT2D eigenvalue weighted by molar-refractivity contribution is 0.0823. The third-order valence-electron chi connectivity index (χ3n) is 5.19. The van der Waals surface area contributed by atoms with Crippen LogP contribution < -0.4 is 10.1 Å². The van der Waals surface area contributed by atoms with E-state index in [0.717, 1.165) is 31.5 Å². The van der Waals surface area contributed by atoms with Gasteiger partial charge in [-0.15, -0.1) is 0 Å². The van der Waals surface area contributed by atoms with Crippen molar-refractivity contribution in [3.05, 3.63) is 64.7 Å². The summed E-state index contributed by atoms with van der Waals surface area (Å²) < 4.78 is 5.29. The lowest BCUT2D eigenvalue weighted by atomic mass is 9.79. The Hall–Kier alpha value is -2.37. The Balaban J connectivity index is 1.45. The Bertz CT molecular complexity index is 842. The molecule has 1 N–H and O–H groups in total. The highest BCUT2D eigenvalue weighted by atomic mass is 35.5. The molecule has 5 nitrogen and oxygen atoms in total. The Kier molecular flexibility index (Phi) is 4.42. The van der Waals surface area contributed by atoms with Gasteiger partial charge in [0.25, 0.3) is 0 Å². The van der Waals surface area contributed by atoms with Crippen LogP contribution in [-0.2, 0) is 5.54 Å². The number of para-hydroxylation sites is 1. The summed E-state index contributed by atoms with van der Waals surface area (Å²) in [5, 5.41) is 3.63. The minimum absolute atomic E-state index is 0.0778. The van der Waals surface area contributed by atoms with E-state index < -0.39 is 11.6 Å². The van der Waals surface area contributed by atoms with Gasteiger partial charge in [-0.3, -0.25) is 9.69 Å². The van der Waals surface area contributed by atoms with Crippen LogP contribution in [0.5, 0.6) is 5.75 Å². The van der Waals surface area contributed by atoms with E-state index in [-0.39, 0.29) is 5.78 Å². The lowest BCUT2D eigenvalue weighted by Crippen LogP contribution is -2.56. The predicted octanol–water partition coefficient (Wildman–Crippen LogP) is 3.62. The number of carbonyl (C=O) groups excluding carboxylic acids is 2. The molecular formula is C20H19ClN2O3. The van der Waals surface area contributed by atoms with Crippen molar-refractivity contribution in [1.29, 1.82) is 0 Å². The lowest BCUT2D eigenvalue weighted by Gasteiger charge is -2.44. The number of carbonyl (C=O) groups is 2. The SMILES string of the molecule is O=C1NC2(CCN(CC(=O)c3ccc(Cl)cc3)CC2)c2ccccc2O1. The molecule has 6 heteroatoms. The van der Waals surface area contributed by atoms with Gasteiger partial charge in [0.15, 0.2) is 5.78 Å². The minimum Gasteiger partial charge on any atom is -0.410 e. The number of ether oxygens (including phenoxy) is 1. The first-order chi connectivity index (χ1) is 12.6. The molecule has 1 fully saturated rings. The van der Waals surface area contributed by atoms with Crippen molar-refractivity contribution in [2.24, 2.45) is 0 Å². The molecule has 2 aliphatic heterocycles. The van der Waals surface area contributed by atoms with Crippen LogP contribution in [0.1, 0.15) is 28.8 Å². The predicted molar refractivity (Wildman–Crippen MR) is 98.7 cm³/mol. The van der Waals surface area contributed by atoms with Crippen molar-refractivity contribution in [3.63, 3.8) is 0 Å². The summed E-state index contributed by atoms with van der Waals surface area (Å²) in [6.45, 7) is 1.83. The largest absolute Gasteiger partial charge is 0.413 e. The maximum atomic E-state index is 12.5. The van der Waals surface area contributed by atoms with Crippen molar-refractivity contribution in [2.45, 2.75) is 18.4 Å². The molecule has 0 aromatic heterocycles. The van der Waals surface area contributed by atoms with E-state index in [9.17, 15) is 9.59 Å². The number of hydrogen-bond acceptors (Lipinski definition) is 4. The van der Waals surface area contributed by atoms with Gasteiger partial charge in [-0.05, 0) is 43.2 Å². The van der Waals surface area contributed by atoms with Gasteiger partial charge in [0.2, 0.25) is 0 Å². The smallest absolute Gasteiger partial charge is 0.410 e. The first kappa shape index (κ1) is 17.1. The second kappa shape index (κ2) is 6.74. The van der Waals surface area contributed by atoms with E-state index in [2.05, 4.69) is 10.2 Å². The molecule has 0 radical (unpaired) electrons. The summed E-state index contributed by atoms with van der Waals surface area (Å²) in [4.78, 5) is 26.6. The molecule has 4 rings (SSSR count).